The lowest BCUT2D eigenvalue weighted by Crippen LogP contribution is -2.39. The van der Waals surface area contributed by atoms with Gasteiger partial charge in [0.05, 0.1) is 13.7 Å². The van der Waals surface area contributed by atoms with Gasteiger partial charge in [0.15, 0.2) is 11.6 Å². The summed E-state index contributed by atoms with van der Waals surface area (Å²) in [6, 6.07) is 6.02. The predicted molar refractivity (Wildman–Crippen MR) is 96.3 cm³/mol. The van der Waals surface area contributed by atoms with E-state index in [-0.39, 0.29) is 11.7 Å². The first-order chi connectivity index (χ1) is 12.6. The van der Waals surface area contributed by atoms with E-state index in [1.54, 1.807) is 29.4 Å². The summed E-state index contributed by atoms with van der Waals surface area (Å²) in [6.07, 6.45) is 4.84. The molecule has 1 aliphatic rings. The number of likely N-dealkylation sites (tertiary alicyclic amines) is 1. The number of amides is 1. The van der Waals surface area contributed by atoms with Gasteiger partial charge in [-0.3, -0.25) is 9.78 Å². The number of rotatable bonds is 5. The molecule has 26 heavy (non-hydrogen) atoms. The topological polar surface area (TPSA) is 51.7 Å². The number of benzene rings is 1. The molecule has 1 amide bonds. The van der Waals surface area contributed by atoms with Crippen LogP contribution in [0.2, 0.25) is 5.02 Å². The molecule has 0 unspecified atom stereocenters. The normalized spacial score (nSPS) is 15.0. The van der Waals surface area contributed by atoms with E-state index in [2.05, 4.69) is 4.98 Å². The maximum atomic E-state index is 13.8. The van der Waals surface area contributed by atoms with Crippen LogP contribution in [0.4, 0.5) is 4.39 Å². The summed E-state index contributed by atoms with van der Waals surface area (Å²) in [4.78, 5) is 18.2. The Morgan fingerprint density at radius 1 is 1.31 bits per heavy atom. The number of aromatic nitrogens is 1. The molecule has 1 saturated heterocycles. The second-order valence-corrected chi connectivity index (χ2v) is 6.61. The standard InChI is InChI=1S/C19H20ClFN2O3/c1-25-18-3-2-14(10-16(18)21)19(24)23-8-5-13(6-9-23)12-26-17-4-7-22-11-15(17)20/h2-4,7,10-11,13H,5-6,8-9,12H2,1H3. The molecule has 1 aromatic heterocycles. The number of carbonyl (C=O) groups is 1. The average Bonchev–Trinajstić information content (AvgIpc) is 2.67. The van der Waals surface area contributed by atoms with Crippen molar-refractivity contribution in [2.75, 3.05) is 26.8 Å². The molecule has 1 aromatic carbocycles. The summed E-state index contributed by atoms with van der Waals surface area (Å²) in [5, 5.41) is 0.488. The van der Waals surface area contributed by atoms with Crippen molar-refractivity contribution in [3.63, 3.8) is 0 Å². The lowest BCUT2D eigenvalue weighted by atomic mass is 9.97. The first kappa shape index (κ1) is 18.5. The number of pyridine rings is 1. The average molecular weight is 379 g/mol. The molecule has 0 atom stereocenters. The van der Waals surface area contributed by atoms with Crippen molar-refractivity contribution in [2.45, 2.75) is 12.8 Å². The summed E-state index contributed by atoms with van der Waals surface area (Å²) in [7, 11) is 1.39. The van der Waals surface area contributed by atoms with E-state index >= 15 is 0 Å². The van der Waals surface area contributed by atoms with Crippen LogP contribution >= 0.6 is 11.6 Å². The van der Waals surface area contributed by atoms with Crippen LogP contribution in [-0.4, -0.2) is 42.6 Å². The van der Waals surface area contributed by atoms with E-state index in [0.717, 1.165) is 12.8 Å². The molecule has 138 valence electrons. The van der Waals surface area contributed by atoms with Gasteiger partial charge in [-0.2, -0.15) is 0 Å². The zero-order valence-corrected chi connectivity index (χ0v) is 15.2. The van der Waals surface area contributed by atoms with Crippen molar-refractivity contribution in [3.05, 3.63) is 53.1 Å². The molecule has 2 heterocycles. The zero-order chi connectivity index (χ0) is 18.5. The molecule has 0 spiro atoms. The molecule has 7 heteroatoms. The largest absolute Gasteiger partial charge is 0.494 e. The molecule has 3 rings (SSSR count). The van der Waals surface area contributed by atoms with Gasteiger partial charge >= 0.3 is 0 Å². The lowest BCUT2D eigenvalue weighted by molar-refractivity contribution is 0.0660. The second kappa shape index (κ2) is 8.36. The summed E-state index contributed by atoms with van der Waals surface area (Å²) in [6.45, 7) is 1.78. The smallest absolute Gasteiger partial charge is 0.253 e. The zero-order valence-electron chi connectivity index (χ0n) is 14.5. The van der Waals surface area contributed by atoms with Crippen molar-refractivity contribution in [1.82, 2.24) is 9.88 Å². The monoisotopic (exact) mass is 378 g/mol. The molecular formula is C19H20ClFN2O3. The number of methoxy groups -OCH3 is 1. The summed E-state index contributed by atoms with van der Waals surface area (Å²) < 4.78 is 24.4. The fraction of sp³-hybridized carbons (Fsp3) is 0.368. The quantitative estimate of drug-likeness (QED) is 0.793. The molecule has 5 nitrogen and oxygen atoms in total. The summed E-state index contributed by atoms with van der Waals surface area (Å²) >= 11 is 6.03. The van der Waals surface area contributed by atoms with Gasteiger partial charge in [-0.25, -0.2) is 4.39 Å². The first-order valence-corrected chi connectivity index (χ1v) is 8.81. The molecule has 0 aliphatic carbocycles. The fourth-order valence-corrected chi connectivity index (χ4v) is 3.15. The summed E-state index contributed by atoms with van der Waals surface area (Å²) in [5.41, 5.74) is 0.335. The Morgan fingerprint density at radius 3 is 2.73 bits per heavy atom. The van der Waals surface area contributed by atoms with E-state index < -0.39 is 5.82 Å². The van der Waals surface area contributed by atoms with E-state index in [1.807, 2.05) is 0 Å². The second-order valence-electron chi connectivity index (χ2n) is 6.20. The Morgan fingerprint density at radius 2 is 2.08 bits per heavy atom. The van der Waals surface area contributed by atoms with Gasteiger partial charge in [0.2, 0.25) is 0 Å². The molecular weight excluding hydrogens is 359 g/mol. The maximum absolute atomic E-state index is 13.8. The van der Waals surface area contributed by atoms with Crippen LogP contribution in [-0.2, 0) is 0 Å². The van der Waals surface area contributed by atoms with Crippen LogP contribution in [0.5, 0.6) is 11.5 Å². The maximum Gasteiger partial charge on any atom is 0.253 e. The summed E-state index contributed by atoms with van der Waals surface area (Å²) in [5.74, 6) is 0.399. The molecule has 1 aliphatic heterocycles. The van der Waals surface area contributed by atoms with E-state index in [9.17, 15) is 9.18 Å². The van der Waals surface area contributed by atoms with Crippen molar-refractivity contribution in [3.8, 4) is 11.5 Å². The molecule has 2 aromatic rings. The number of halogens is 2. The first-order valence-electron chi connectivity index (χ1n) is 8.43. The highest BCUT2D eigenvalue weighted by Crippen LogP contribution is 2.26. The van der Waals surface area contributed by atoms with Crippen molar-refractivity contribution < 1.29 is 18.7 Å². The van der Waals surface area contributed by atoms with Gasteiger partial charge in [0, 0.05) is 37.1 Å². The van der Waals surface area contributed by atoms with Gasteiger partial charge in [0.1, 0.15) is 10.8 Å². The molecule has 0 bridgehead atoms. The van der Waals surface area contributed by atoms with Crippen molar-refractivity contribution >= 4 is 17.5 Å². The van der Waals surface area contributed by atoms with Crippen LogP contribution in [0.25, 0.3) is 0 Å². The van der Waals surface area contributed by atoms with Crippen LogP contribution in [0.3, 0.4) is 0 Å². The van der Waals surface area contributed by atoms with Crippen molar-refractivity contribution in [2.24, 2.45) is 5.92 Å². The molecule has 1 fully saturated rings. The number of hydrogen-bond acceptors (Lipinski definition) is 4. The van der Waals surface area contributed by atoms with E-state index in [0.29, 0.717) is 41.9 Å². The van der Waals surface area contributed by atoms with Gasteiger partial charge in [0.25, 0.3) is 5.91 Å². The Bertz CT molecular complexity index is 779. The number of nitrogens with zero attached hydrogens (tertiary/aromatic N) is 2. The van der Waals surface area contributed by atoms with Crippen molar-refractivity contribution in [1.29, 1.82) is 0 Å². The third kappa shape index (κ3) is 4.25. The fourth-order valence-electron chi connectivity index (χ4n) is 2.97. The Hall–Kier alpha value is -2.34. The number of piperidine rings is 1. The SMILES string of the molecule is COc1ccc(C(=O)N2CCC(COc3ccncc3Cl)CC2)cc1F. The minimum atomic E-state index is -0.532. The van der Waals surface area contributed by atoms with Crippen LogP contribution in [0, 0.1) is 11.7 Å². The number of carbonyl (C=O) groups excluding carboxylic acids is 1. The minimum absolute atomic E-state index is 0.132. The Kier molecular flexibility index (Phi) is 5.93. The molecule has 0 radical (unpaired) electrons. The Labute approximate surface area is 156 Å². The van der Waals surface area contributed by atoms with Gasteiger partial charge in [-0.1, -0.05) is 11.6 Å². The minimum Gasteiger partial charge on any atom is -0.494 e. The Balaban J connectivity index is 1.52. The van der Waals surface area contributed by atoms with Crippen LogP contribution in [0.1, 0.15) is 23.2 Å². The van der Waals surface area contributed by atoms with Gasteiger partial charge < -0.3 is 14.4 Å². The molecule has 0 N–H and O–H groups in total. The highest BCUT2D eigenvalue weighted by atomic mass is 35.5. The molecule has 0 saturated carbocycles. The number of hydrogen-bond donors (Lipinski definition) is 0. The third-order valence-electron chi connectivity index (χ3n) is 4.51. The van der Waals surface area contributed by atoms with Crippen LogP contribution in [0.15, 0.2) is 36.7 Å². The lowest BCUT2D eigenvalue weighted by Gasteiger charge is -2.32. The van der Waals surface area contributed by atoms with Gasteiger partial charge in [-0.15, -0.1) is 0 Å². The number of ether oxygens (including phenoxy) is 2. The van der Waals surface area contributed by atoms with E-state index in [1.165, 1.54) is 19.2 Å². The van der Waals surface area contributed by atoms with E-state index in [4.69, 9.17) is 21.1 Å². The third-order valence-corrected chi connectivity index (χ3v) is 4.79. The van der Waals surface area contributed by atoms with Crippen LogP contribution < -0.4 is 9.47 Å². The highest BCUT2D eigenvalue weighted by molar-refractivity contribution is 6.31. The predicted octanol–water partition coefficient (Wildman–Crippen LogP) is 3.81. The highest BCUT2D eigenvalue weighted by Gasteiger charge is 2.24. The van der Waals surface area contributed by atoms with Gasteiger partial charge in [-0.05, 0) is 37.0 Å².